The first kappa shape index (κ1) is 24.2. The summed E-state index contributed by atoms with van der Waals surface area (Å²) in [4.78, 5) is 35.3. The molecule has 0 spiro atoms. The first-order chi connectivity index (χ1) is 14.9. The number of hydrogen-bond donors (Lipinski definition) is 3. The van der Waals surface area contributed by atoms with Crippen molar-refractivity contribution in [2.24, 2.45) is 5.10 Å². The predicted molar refractivity (Wildman–Crippen MR) is 121 cm³/mol. The molecule has 0 aromatic heterocycles. The highest BCUT2D eigenvalue weighted by Gasteiger charge is 2.11. The van der Waals surface area contributed by atoms with Gasteiger partial charge in [-0.05, 0) is 36.2 Å². The van der Waals surface area contributed by atoms with Crippen LogP contribution in [0.15, 0.2) is 47.6 Å². The number of rotatable bonds is 9. The number of anilines is 1. The summed E-state index contributed by atoms with van der Waals surface area (Å²) in [6.07, 6.45) is 3.06. The van der Waals surface area contributed by atoms with Crippen LogP contribution in [0.2, 0.25) is 10.0 Å². The molecule has 8 nitrogen and oxygen atoms in total. The van der Waals surface area contributed by atoms with Crippen molar-refractivity contribution >= 4 is 52.8 Å². The molecule has 0 aliphatic rings. The van der Waals surface area contributed by atoms with Gasteiger partial charge in [0.05, 0.1) is 21.9 Å². The van der Waals surface area contributed by atoms with Gasteiger partial charge < -0.3 is 15.4 Å². The fourth-order valence-electron chi connectivity index (χ4n) is 2.30. The second kappa shape index (κ2) is 12.6. The van der Waals surface area contributed by atoms with Gasteiger partial charge in [-0.1, -0.05) is 54.7 Å². The van der Waals surface area contributed by atoms with Gasteiger partial charge in [0.15, 0.2) is 6.61 Å². The summed E-state index contributed by atoms with van der Waals surface area (Å²) in [6, 6.07) is 11.6. The lowest BCUT2D eigenvalue weighted by atomic mass is 10.2. The number of ether oxygens (including phenoxy) is 1. The van der Waals surface area contributed by atoms with Crippen molar-refractivity contribution in [3.8, 4) is 5.75 Å². The molecular formula is C21H22Cl2N4O4. The second-order valence-corrected chi connectivity index (χ2v) is 7.10. The fraction of sp³-hybridized carbons (Fsp3) is 0.238. The largest absolute Gasteiger partial charge is 0.484 e. The van der Waals surface area contributed by atoms with Gasteiger partial charge in [0, 0.05) is 6.54 Å². The number of benzene rings is 2. The Morgan fingerprint density at radius 2 is 1.87 bits per heavy atom. The zero-order valence-electron chi connectivity index (χ0n) is 16.8. The molecule has 31 heavy (non-hydrogen) atoms. The molecule has 2 aromatic rings. The van der Waals surface area contributed by atoms with Crippen LogP contribution in [0.5, 0.6) is 5.75 Å². The number of amides is 3. The third-order valence-electron chi connectivity index (χ3n) is 3.86. The molecule has 0 heterocycles. The molecule has 3 amide bonds. The average molecular weight is 465 g/mol. The predicted octanol–water partition coefficient (Wildman–Crippen LogP) is 3.38. The first-order valence-electron chi connectivity index (χ1n) is 9.48. The van der Waals surface area contributed by atoms with Gasteiger partial charge >= 0.3 is 11.8 Å². The van der Waals surface area contributed by atoms with Crippen LogP contribution in [0, 0.1) is 0 Å². The van der Waals surface area contributed by atoms with E-state index in [2.05, 4.69) is 21.2 Å². The maximum atomic E-state index is 12.1. The van der Waals surface area contributed by atoms with Crippen molar-refractivity contribution in [2.45, 2.75) is 19.8 Å². The molecule has 10 heteroatoms. The normalized spacial score (nSPS) is 10.5. The molecule has 164 valence electrons. The molecular weight excluding hydrogens is 443 g/mol. The van der Waals surface area contributed by atoms with E-state index in [1.165, 1.54) is 6.21 Å². The number of hydrazone groups is 1. The lowest BCUT2D eigenvalue weighted by Crippen LogP contribution is -2.38. The summed E-state index contributed by atoms with van der Waals surface area (Å²) >= 11 is 12.0. The summed E-state index contributed by atoms with van der Waals surface area (Å²) in [5, 5.41) is 9.45. The van der Waals surface area contributed by atoms with Crippen molar-refractivity contribution in [3.05, 3.63) is 58.1 Å². The van der Waals surface area contributed by atoms with Crippen LogP contribution in [0.1, 0.15) is 25.3 Å². The number of nitrogens with zero attached hydrogens (tertiary/aromatic N) is 1. The maximum absolute atomic E-state index is 12.1. The summed E-state index contributed by atoms with van der Waals surface area (Å²) < 4.78 is 5.47. The van der Waals surface area contributed by atoms with Crippen LogP contribution in [0.3, 0.4) is 0 Å². The van der Waals surface area contributed by atoms with Gasteiger partial charge in [0.25, 0.3) is 5.91 Å². The Bertz CT molecular complexity index is 966. The fourth-order valence-corrected chi connectivity index (χ4v) is 2.64. The van der Waals surface area contributed by atoms with Crippen molar-refractivity contribution in [2.75, 3.05) is 18.5 Å². The van der Waals surface area contributed by atoms with Crippen LogP contribution in [0.25, 0.3) is 0 Å². The molecule has 0 radical (unpaired) electrons. The minimum absolute atomic E-state index is 0.247. The molecule has 0 saturated carbocycles. The van der Waals surface area contributed by atoms with Gasteiger partial charge in [0.1, 0.15) is 5.75 Å². The number of carbonyl (C=O) groups is 3. The number of nitrogens with one attached hydrogen (secondary N) is 3. The van der Waals surface area contributed by atoms with Crippen molar-refractivity contribution in [3.63, 3.8) is 0 Å². The van der Waals surface area contributed by atoms with Gasteiger partial charge in [-0.2, -0.15) is 5.10 Å². The Balaban J connectivity index is 1.84. The topological polar surface area (TPSA) is 109 Å². The minimum Gasteiger partial charge on any atom is -0.484 e. The van der Waals surface area contributed by atoms with Crippen LogP contribution in [0.4, 0.5) is 5.69 Å². The molecule has 0 aliphatic heterocycles. The Hall–Kier alpha value is -3.10. The number of halogens is 2. The molecule has 0 atom stereocenters. The van der Waals surface area contributed by atoms with E-state index in [4.69, 9.17) is 27.9 Å². The molecule has 0 aliphatic carbocycles. The van der Waals surface area contributed by atoms with E-state index in [-0.39, 0.29) is 11.6 Å². The van der Waals surface area contributed by atoms with Gasteiger partial charge in [-0.25, -0.2) is 5.43 Å². The van der Waals surface area contributed by atoms with Crippen LogP contribution in [-0.2, 0) is 14.4 Å². The summed E-state index contributed by atoms with van der Waals surface area (Å²) in [5.74, 6) is -1.59. The average Bonchev–Trinajstić information content (AvgIpc) is 2.76. The first-order valence-corrected chi connectivity index (χ1v) is 10.2. The SMILES string of the molecule is CCCCNC(=O)C(=O)N/N=C\c1cccc(OCC(=O)Nc2cccc(Cl)c2Cl)c1. The number of carbonyl (C=O) groups excluding carboxylic acids is 3. The maximum Gasteiger partial charge on any atom is 0.329 e. The monoisotopic (exact) mass is 464 g/mol. The molecule has 0 unspecified atom stereocenters. The zero-order valence-corrected chi connectivity index (χ0v) is 18.3. The van der Waals surface area contributed by atoms with E-state index in [9.17, 15) is 14.4 Å². The van der Waals surface area contributed by atoms with Crippen LogP contribution in [-0.4, -0.2) is 37.1 Å². The van der Waals surface area contributed by atoms with E-state index in [0.29, 0.717) is 28.6 Å². The minimum atomic E-state index is -0.851. The Kier molecular flexibility index (Phi) is 9.80. The molecule has 3 N–H and O–H groups in total. The summed E-state index contributed by atoms with van der Waals surface area (Å²) in [6.45, 7) is 2.16. The van der Waals surface area contributed by atoms with Gasteiger partial charge in [-0.3, -0.25) is 14.4 Å². The van der Waals surface area contributed by atoms with Crippen molar-refractivity contribution < 1.29 is 19.1 Å². The molecule has 0 bridgehead atoms. The van der Waals surface area contributed by atoms with E-state index in [1.807, 2.05) is 6.92 Å². The lowest BCUT2D eigenvalue weighted by molar-refractivity contribution is -0.139. The highest BCUT2D eigenvalue weighted by molar-refractivity contribution is 6.44. The highest BCUT2D eigenvalue weighted by atomic mass is 35.5. The molecule has 2 rings (SSSR count). The zero-order chi connectivity index (χ0) is 22.6. The number of hydrogen-bond acceptors (Lipinski definition) is 5. The van der Waals surface area contributed by atoms with E-state index < -0.39 is 17.7 Å². The number of unbranched alkanes of at least 4 members (excludes halogenated alkanes) is 1. The summed E-state index contributed by atoms with van der Waals surface area (Å²) in [5.41, 5.74) is 3.14. The third kappa shape index (κ3) is 8.27. The van der Waals surface area contributed by atoms with Gasteiger partial charge in [0.2, 0.25) is 0 Å². The van der Waals surface area contributed by atoms with Gasteiger partial charge in [-0.15, -0.1) is 0 Å². The Morgan fingerprint density at radius 1 is 1.10 bits per heavy atom. The Labute approximate surface area is 189 Å². The third-order valence-corrected chi connectivity index (χ3v) is 4.67. The summed E-state index contributed by atoms with van der Waals surface area (Å²) in [7, 11) is 0. The van der Waals surface area contributed by atoms with E-state index in [0.717, 1.165) is 12.8 Å². The van der Waals surface area contributed by atoms with Crippen molar-refractivity contribution in [1.29, 1.82) is 0 Å². The second-order valence-electron chi connectivity index (χ2n) is 6.32. The van der Waals surface area contributed by atoms with E-state index in [1.54, 1.807) is 42.5 Å². The standard InChI is InChI=1S/C21H22Cl2N4O4/c1-2-3-10-24-20(29)21(30)27-25-12-14-6-4-7-15(11-14)31-13-18(28)26-17-9-5-8-16(22)19(17)23/h4-9,11-12H,2-3,10,13H2,1H3,(H,24,29)(H,26,28)(H,27,30)/b25-12-. The van der Waals surface area contributed by atoms with Crippen LogP contribution >= 0.6 is 23.2 Å². The molecule has 0 fully saturated rings. The molecule has 2 aromatic carbocycles. The van der Waals surface area contributed by atoms with Crippen molar-refractivity contribution in [1.82, 2.24) is 10.7 Å². The molecule has 0 saturated heterocycles. The van der Waals surface area contributed by atoms with E-state index >= 15 is 0 Å². The highest BCUT2D eigenvalue weighted by Crippen LogP contribution is 2.29. The smallest absolute Gasteiger partial charge is 0.329 e. The Morgan fingerprint density at radius 3 is 2.65 bits per heavy atom. The quantitative estimate of drug-likeness (QED) is 0.228. The lowest BCUT2D eigenvalue weighted by Gasteiger charge is -2.09. The van der Waals surface area contributed by atoms with Crippen LogP contribution < -0.4 is 20.8 Å².